The second-order valence-electron chi connectivity index (χ2n) is 2.22. The summed E-state index contributed by atoms with van der Waals surface area (Å²) >= 11 is 1.44. The molecule has 0 amide bonds. The van der Waals surface area contributed by atoms with Crippen molar-refractivity contribution in [3.63, 3.8) is 0 Å². The third kappa shape index (κ3) is 2.13. The number of rotatable bonds is 4. The van der Waals surface area contributed by atoms with Crippen LogP contribution in [0, 0.1) is 0 Å². The highest BCUT2D eigenvalue weighted by molar-refractivity contribution is 7.07. The lowest BCUT2D eigenvalue weighted by Crippen LogP contribution is -2.20. The first-order valence-corrected chi connectivity index (χ1v) is 4.24. The molecule has 0 saturated heterocycles. The SMILES string of the molecule is C=N[C@@H](Cc1cscn1)C(=O)O. The van der Waals surface area contributed by atoms with Gasteiger partial charge in [-0.3, -0.25) is 4.99 Å². The first kappa shape index (κ1) is 8.86. The third-order valence-corrected chi connectivity index (χ3v) is 2.03. The van der Waals surface area contributed by atoms with Gasteiger partial charge in [0.2, 0.25) is 0 Å². The van der Waals surface area contributed by atoms with Gasteiger partial charge in [-0.1, -0.05) is 0 Å². The third-order valence-electron chi connectivity index (χ3n) is 1.39. The second-order valence-corrected chi connectivity index (χ2v) is 2.94. The predicted octanol–water partition coefficient (Wildman–Crippen LogP) is 0.839. The van der Waals surface area contributed by atoms with Crippen molar-refractivity contribution in [1.82, 2.24) is 4.98 Å². The summed E-state index contributed by atoms with van der Waals surface area (Å²) in [4.78, 5) is 17.9. The van der Waals surface area contributed by atoms with Crippen molar-refractivity contribution in [2.24, 2.45) is 4.99 Å². The molecule has 1 heterocycles. The number of hydrogen-bond donors (Lipinski definition) is 1. The molecule has 0 aromatic carbocycles. The summed E-state index contributed by atoms with van der Waals surface area (Å²) in [5.41, 5.74) is 2.41. The molecular weight excluding hydrogens is 176 g/mol. The molecule has 1 atom stereocenters. The number of carboxylic acid groups (broad SMARTS) is 1. The Balaban J connectivity index is 2.60. The standard InChI is InChI=1S/C7H8N2O2S/c1-8-6(7(10)11)2-5-3-12-4-9-5/h3-4,6H,1-2H2,(H,10,11)/t6-/m0/s1. The lowest BCUT2D eigenvalue weighted by Gasteiger charge is -2.02. The molecule has 64 valence electrons. The zero-order chi connectivity index (χ0) is 8.97. The summed E-state index contributed by atoms with van der Waals surface area (Å²) in [5.74, 6) is -0.960. The zero-order valence-electron chi connectivity index (χ0n) is 6.30. The van der Waals surface area contributed by atoms with Gasteiger partial charge in [-0.25, -0.2) is 9.78 Å². The number of aromatic nitrogens is 1. The van der Waals surface area contributed by atoms with Crippen molar-refractivity contribution in [2.45, 2.75) is 12.5 Å². The summed E-state index contributed by atoms with van der Waals surface area (Å²) in [6, 6.07) is -0.771. The number of carboxylic acids is 1. The highest BCUT2D eigenvalue weighted by Crippen LogP contribution is 2.06. The fourth-order valence-corrected chi connectivity index (χ4v) is 1.34. The molecule has 1 rings (SSSR count). The van der Waals surface area contributed by atoms with Gasteiger partial charge >= 0.3 is 5.97 Å². The van der Waals surface area contributed by atoms with Crippen LogP contribution in [0.1, 0.15) is 5.69 Å². The molecule has 1 aromatic rings. The summed E-state index contributed by atoms with van der Waals surface area (Å²) in [6.07, 6.45) is 0.322. The molecule has 0 bridgehead atoms. The fourth-order valence-electron chi connectivity index (χ4n) is 0.766. The first-order chi connectivity index (χ1) is 5.74. The largest absolute Gasteiger partial charge is 0.480 e. The van der Waals surface area contributed by atoms with Crippen LogP contribution in [0.5, 0.6) is 0 Å². The fraction of sp³-hybridized carbons (Fsp3) is 0.286. The van der Waals surface area contributed by atoms with E-state index >= 15 is 0 Å². The summed E-state index contributed by atoms with van der Waals surface area (Å²) in [7, 11) is 0. The van der Waals surface area contributed by atoms with Gasteiger partial charge in [0.1, 0.15) is 0 Å². The Bertz CT molecular complexity index is 271. The number of nitrogens with zero attached hydrogens (tertiary/aromatic N) is 2. The van der Waals surface area contributed by atoms with Crippen LogP contribution in [0.15, 0.2) is 15.9 Å². The highest BCUT2D eigenvalue weighted by atomic mass is 32.1. The van der Waals surface area contributed by atoms with Gasteiger partial charge in [0, 0.05) is 11.8 Å². The minimum Gasteiger partial charge on any atom is -0.480 e. The number of aliphatic imine (C=N–C) groups is 1. The van der Waals surface area contributed by atoms with E-state index in [1.165, 1.54) is 11.3 Å². The quantitative estimate of drug-likeness (QED) is 0.705. The van der Waals surface area contributed by atoms with Crippen LogP contribution in [-0.2, 0) is 11.2 Å². The topological polar surface area (TPSA) is 62.5 Å². The van der Waals surface area contributed by atoms with Gasteiger partial charge in [-0.05, 0) is 6.72 Å². The molecule has 0 aliphatic heterocycles. The molecule has 0 fully saturated rings. The average Bonchev–Trinajstić information content (AvgIpc) is 2.51. The molecule has 4 nitrogen and oxygen atoms in total. The van der Waals surface area contributed by atoms with Crippen LogP contribution in [-0.4, -0.2) is 28.8 Å². The van der Waals surface area contributed by atoms with Gasteiger partial charge < -0.3 is 5.11 Å². The predicted molar refractivity (Wildman–Crippen MR) is 46.8 cm³/mol. The molecule has 1 aromatic heterocycles. The number of hydrogen-bond acceptors (Lipinski definition) is 4. The number of aliphatic carboxylic acids is 1. The number of carbonyl (C=O) groups is 1. The lowest BCUT2D eigenvalue weighted by atomic mass is 10.2. The minimum absolute atomic E-state index is 0.322. The molecule has 12 heavy (non-hydrogen) atoms. The van der Waals surface area contributed by atoms with Crippen LogP contribution < -0.4 is 0 Å². The van der Waals surface area contributed by atoms with E-state index < -0.39 is 12.0 Å². The van der Waals surface area contributed by atoms with Gasteiger partial charge in [0.15, 0.2) is 6.04 Å². The summed E-state index contributed by atoms with van der Waals surface area (Å²) < 4.78 is 0. The second kappa shape index (κ2) is 3.96. The van der Waals surface area contributed by atoms with Gasteiger partial charge in [0.25, 0.3) is 0 Å². The Morgan fingerprint density at radius 1 is 1.92 bits per heavy atom. The van der Waals surface area contributed by atoms with Crippen molar-refractivity contribution in [3.8, 4) is 0 Å². The molecule has 0 unspecified atom stereocenters. The Labute approximate surface area is 73.6 Å². The van der Waals surface area contributed by atoms with E-state index in [9.17, 15) is 4.79 Å². The van der Waals surface area contributed by atoms with Crippen molar-refractivity contribution in [2.75, 3.05) is 0 Å². The van der Waals surface area contributed by atoms with Gasteiger partial charge in [-0.2, -0.15) is 0 Å². The monoisotopic (exact) mass is 184 g/mol. The first-order valence-electron chi connectivity index (χ1n) is 3.29. The normalized spacial score (nSPS) is 12.3. The van der Waals surface area contributed by atoms with Crippen molar-refractivity contribution < 1.29 is 9.90 Å². The van der Waals surface area contributed by atoms with Crippen LogP contribution >= 0.6 is 11.3 Å². The zero-order valence-corrected chi connectivity index (χ0v) is 7.12. The van der Waals surface area contributed by atoms with Gasteiger partial charge in [0.05, 0.1) is 11.2 Å². The molecule has 1 N–H and O–H groups in total. The van der Waals surface area contributed by atoms with E-state index in [0.717, 1.165) is 5.69 Å². The van der Waals surface area contributed by atoms with Crippen LogP contribution in [0.25, 0.3) is 0 Å². The van der Waals surface area contributed by atoms with Crippen LogP contribution in [0.2, 0.25) is 0 Å². The van der Waals surface area contributed by atoms with Crippen LogP contribution in [0.3, 0.4) is 0 Å². The smallest absolute Gasteiger partial charge is 0.328 e. The van der Waals surface area contributed by atoms with Crippen molar-refractivity contribution >= 4 is 24.0 Å². The Kier molecular flexibility index (Phi) is 2.93. The Morgan fingerprint density at radius 3 is 3.08 bits per heavy atom. The Morgan fingerprint density at radius 2 is 2.67 bits per heavy atom. The van der Waals surface area contributed by atoms with E-state index in [0.29, 0.717) is 6.42 Å². The number of thiazole rings is 1. The van der Waals surface area contributed by atoms with Crippen molar-refractivity contribution in [3.05, 3.63) is 16.6 Å². The highest BCUT2D eigenvalue weighted by Gasteiger charge is 2.15. The van der Waals surface area contributed by atoms with Gasteiger partial charge in [-0.15, -0.1) is 11.3 Å². The molecule has 0 saturated carbocycles. The van der Waals surface area contributed by atoms with Crippen molar-refractivity contribution in [1.29, 1.82) is 0 Å². The summed E-state index contributed by atoms with van der Waals surface area (Å²) in [6.45, 7) is 3.21. The maximum atomic E-state index is 10.5. The Hall–Kier alpha value is -1.23. The molecule has 0 spiro atoms. The van der Waals surface area contributed by atoms with E-state index in [4.69, 9.17) is 5.11 Å². The maximum absolute atomic E-state index is 10.5. The van der Waals surface area contributed by atoms with E-state index in [1.54, 1.807) is 10.9 Å². The average molecular weight is 184 g/mol. The molecule has 0 radical (unpaired) electrons. The van der Waals surface area contributed by atoms with E-state index in [-0.39, 0.29) is 0 Å². The maximum Gasteiger partial charge on any atom is 0.328 e. The molecule has 0 aliphatic carbocycles. The molecule has 5 heteroatoms. The molecular formula is C7H8N2O2S. The summed E-state index contributed by atoms with van der Waals surface area (Å²) in [5, 5.41) is 10.4. The van der Waals surface area contributed by atoms with E-state index in [1.807, 2.05) is 0 Å². The van der Waals surface area contributed by atoms with Crippen LogP contribution in [0.4, 0.5) is 0 Å². The lowest BCUT2D eigenvalue weighted by molar-refractivity contribution is -0.138. The van der Waals surface area contributed by atoms with E-state index in [2.05, 4.69) is 16.7 Å². The minimum atomic E-state index is -0.960. The molecule has 0 aliphatic rings.